The molecule has 29 heavy (non-hydrogen) atoms. The van der Waals surface area contributed by atoms with Gasteiger partial charge in [0, 0.05) is 62.2 Å². The molecule has 3 heterocycles. The second-order valence-corrected chi connectivity index (χ2v) is 7.84. The van der Waals surface area contributed by atoms with E-state index in [1.54, 1.807) is 18.2 Å². The number of benzene rings is 1. The molecule has 0 bridgehead atoms. The number of hydrogen-bond acceptors (Lipinski definition) is 5. The van der Waals surface area contributed by atoms with E-state index in [1.807, 2.05) is 12.4 Å². The average molecular weight is 393 g/mol. The van der Waals surface area contributed by atoms with E-state index >= 15 is 0 Å². The van der Waals surface area contributed by atoms with Gasteiger partial charge in [-0.25, -0.2) is 4.98 Å². The normalized spacial score (nSPS) is 15.3. The summed E-state index contributed by atoms with van der Waals surface area (Å²) in [5, 5.41) is 11.2. The number of aromatic hydroxyl groups is 1. The predicted molar refractivity (Wildman–Crippen MR) is 114 cm³/mol. The van der Waals surface area contributed by atoms with Crippen molar-refractivity contribution < 1.29 is 9.90 Å². The number of primary amides is 1. The first kappa shape index (κ1) is 19.3. The van der Waals surface area contributed by atoms with Crippen molar-refractivity contribution in [3.8, 4) is 5.75 Å². The molecule has 0 radical (unpaired) electrons. The van der Waals surface area contributed by atoms with Crippen LogP contribution in [-0.2, 0) is 6.54 Å². The van der Waals surface area contributed by atoms with Gasteiger partial charge in [0.1, 0.15) is 11.4 Å². The van der Waals surface area contributed by atoms with Gasteiger partial charge >= 0.3 is 0 Å². The van der Waals surface area contributed by atoms with E-state index in [9.17, 15) is 9.90 Å². The van der Waals surface area contributed by atoms with Gasteiger partial charge in [0.25, 0.3) is 5.91 Å². The van der Waals surface area contributed by atoms with E-state index in [2.05, 4.69) is 45.3 Å². The molecule has 1 aliphatic rings. The minimum Gasteiger partial charge on any atom is -0.507 e. The molecule has 152 valence electrons. The second-order valence-electron chi connectivity index (χ2n) is 7.84. The van der Waals surface area contributed by atoms with Crippen LogP contribution in [0.2, 0.25) is 0 Å². The monoisotopic (exact) mass is 393 g/mol. The van der Waals surface area contributed by atoms with Crippen molar-refractivity contribution >= 4 is 22.6 Å². The van der Waals surface area contributed by atoms with E-state index in [0.717, 1.165) is 42.8 Å². The molecule has 0 atom stereocenters. The van der Waals surface area contributed by atoms with Gasteiger partial charge in [0.2, 0.25) is 0 Å². The van der Waals surface area contributed by atoms with Gasteiger partial charge in [-0.15, -0.1) is 0 Å². The summed E-state index contributed by atoms with van der Waals surface area (Å²) in [5.41, 5.74) is 8.40. The highest BCUT2D eigenvalue weighted by Gasteiger charge is 2.21. The molecule has 7 nitrogen and oxygen atoms in total. The molecule has 1 fully saturated rings. The van der Waals surface area contributed by atoms with Crippen LogP contribution < -0.4 is 10.6 Å². The van der Waals surface area contributed by atoms with Crippen molar-refractivity contribution in [1.29, 1.82) is 0 Å². The van der Waals surface area contributed by atoms with Crippen LogP contribution in [0.4, 0.5) is 5.69 Å². The topological polar surface area (TPSA) is 87.6 Å². The zero-order chi connectivity index (χ0) is 20.5. The Morgan fingerprint density at radius 1 is 1.17 bits per heavy atom. The largest absolute Gasteiger partial charge is 0.507 e. The van der Waals surface area contributed by atoms with E-state index in [-0.39, 0.29) is 11.3 Å². The van der Waals surface area contributed by atoms with Crippen molar-refractivity contribution in [2.75, 3.05) is 31.1 Å². The van der Waals surface area contributed by atoms with E-state index < -0.39 is 5.91 Å². The number of fused-ring (bicyclic) bond motifs is 1. The number of carbonyl (C=O) groups is 1. The van der Waals surface area contributed by atoms with Crippen LogP contribution in [0, 0.1) is 0 Å². The molecule has 1 saturated heterocycles. The second kappa shape index (κ2) is 7.75. The third-order valence-electron chi connectivity index (χ3n) is 5.71. The lowest BCUT2D eigenvalue weighted by Crippen LogP contribution is -2.48. The van der Waals surface area contributed by atoms with E-state index in [1.165, 1.54) is 5.69 Å². The third kappa shape index (κ3) is 3.78. The number of carbonyl (C=O) groups excluding carboxylic acids is 1. The average Bonchev–Trinajstić information content (AvgIpc) is 3.11. The smallest absolute Gasteiger partial charge is 0.252 e. The zero-order valence-electron chi connectivity index (χ0n) is 16.9. The van der Waals surface area contributed by atoms with Crippen LogP contribution in [0.15, 0.2) is 42.7 Å². The molecule has 7 heteroatoms. The number of hydrogen-bond donors (Lipinski definition) is 2. The molecule has 1 aliphatic heterocycles. The molecule has 2 aromatic heterocycles. The van der Waals surface area contributed by atoms with Gasteiger partial charge in [-0.1, -0.05) is 6.07 Å². The number of pyridine rings is 1. The molecule has 0 aliphatic carbocycles. The van der Waals surface area contributed by atoms with Crippen LogP contribution in [0.25, 0.3) is 11.0 Å². The predicted octanol–water partition coefficient (Wildman–Crippen LogP) is 2.42. The standard InChI is InChI=1S/C22H27N5O2/c1-15(2)25-9-11-26(12-10-25)19-5-7-24-22-17(19)6-8-27(22)14-16-3-4-18(21(23)29)20(28)13-16/h3-8,13,15,28H,9-12,14H2,1-2H3,(H2,23,29). The molecule has 3 aromatic rings. The summed E-state index contributed by atoms with van der Waals surface area (Å²) in [7, 11) is 0. The Labute approximate surface area is 170 Å². The van der Waals surface area contributed by atoms with Gasteiger partial charge in [0.15, 0.2) is 0 Å². The summed E-state index contributed by atoms with van der Waals surface area (Å²) >= 11 is 0. The fourth-order valence-corrected chi connectivity index (χ4v) is 4.04. The summed E-state index contributed by atoms with van der Waals surface area (Å²) in [6, 6.07) is 9.72. The Balaban J connectivity index is 1.58. The van der Waals surface area contributed by atoms with Gasteiger partial charge in [-0.2, -0.15) is 0 Å². The number of nitrogens with zero attached hydrogens (tertiary/aromatic N) is 4. The summed E-state index contributed by atoms with van der Waals surface area (Å²) < 4.78 is 2.06. The number of aromatic nitrogens is 2. The summed E-state index contributed by atoms with van der Waals surface area (Å²) in [4.78, 5) is 20.8. The number of nitrogens with two attached hydrogens (primary N) is 1. The van der Waals surface area contributed by atoms with Crippen LogP contribution in [-0.4, -0.2) is 57.7 Å². The molecule has 0 unspecified atom stereocenters. The number of anilines is 1. The summed E-state index contributed by atoms with van der Waals surface area (Å²) in [6.07, 6.45) is 3.88. The van der Waals surface area contributed by atoms with Crippen LogP contribution in [0.5, 0.6) is 5.75 Å². The Morgan fingerprint density at radius 3 is 2.59 bits per heavy atom. The number of piperazine rings is 1. The minimum absolute atomic E-state index is 0.0943. The Hall–Kier alpha value is -3.06. The van der Waals surface area contributed by atoms with Gasteiger partial charge in [-0.3, -0.25) is 9.69 Å². The third-order valence-corrected chi connectivity index (χ3v) is 5.71. The van der Waals surface area contributed by atoms with Gasteiger partial charge in [-0.05, 0) is 43.7 Å². The maximum Gasteiger partial charge on any atom is 0.252 e. The molecule has 1 aromatic carbocycles. The van der Waals surface area contributed by atoms with Gasteiger partial charge in [0.05, 0.1) is 5.56 Å². The first-order valence-corrected chi connectivity index (χ1v) is 9.98. The molecule has 0 spiro atoms. The lowest BCUT2D eigenvalue weighted by Gasteiger charge is -2.38. The number of amides is 1. The maximum atomic E-state index is 11.3. The minimum atomic E-state index is -0.635. The van der Waals surface area contributed by atoms with Crippen LogP contribution >= 0.6 is 0 Å². The molecule has 1 amide bonds. The highest BCUT2D eigenvalue weighted by Crippen LogP contribution is 2.28. The van der Waals surface area contributed by atoms with Crippen molar-refractivity contribution in [1.82, 2.24) is 14.5 Å². The lowest BCUT2D eigenvalue weighted by molar-refractivity contribution is 0.0997. The Morgan fingerprint density at radius 2 is 1.93 bits per heavy atom. The first-order valence-electron chi connectivity index (χ1n) is 9.98. The van der Waals surface area contributed by atoms with E-state index in [4.69, 9.17) is 5.73 Å². The highest BCUT2D eigenvalue weighted by molar-refractivity contribution is 5.95. The number of rotatable bonds is 5. The van der Waals surface area contributed by atoms with Crippen molar-refractivity contribution in [3.05, 3.63) is 53.9 Å². The Kier molecular flexibility index (Phi) is 5.15. The first-order chi connectivity index (χ1) is 13.9. The Bertz CT molecular complexity index is 1030. The zero-order valence-corrected chi connectivity index (χ0v) is 16.9. The SMILES string of the molecule is CC(C)N1CCN(c2ccnc3c2ccn3Cc2ccc(C(N)=O)c(O)c2)CC1. The molecular weight excluding hydrogens is 366 g/mol. The molecule has 0 saturated carbocycles. The van der Waals surface area contributed by atoms with E-state index in [0.29, 0.717) is 12.6 Å². The van der Waals surface area contributed by atoms with Crippen molar-refractivity contribution in [2.45, 2.75) is 26.4 Å². The maximum absolute atomic E-state index is 11.3. The highest BCUT2D eigenvalue weighted by atomic mass is 16.3. The van der Waals surface area contributed by atoms with Crippen LogP contribution in [0.3, 0.4) is 0 Å². The fraction of sp³-hybridized carbons (Fsp3) is 0.364. The van der Waals surface area contributed by atoms with Crippen molar-refractivity contribution in [3.63, 3.8) is 0 Å². The summed E-state index contributed by atoms with van der Waals surface area (Å²) in [6.45, 7) is 9.17. The quantitative estimate of drug-likeness (QED) is 0.695. The van der Waals surface area contributed by atoms with Crippen LogP contribution in [0.1, 0.15) is 29.8 Å². The fourth-order valence-electron chi connectivity index (χ4n) is 4.04. The van der Waals surface area contributed by atoms with Crippen molar-refractivity contribution in [2.24, 2.45) is 5.73 Å². The summed E-state index contributed by atoms with van der Waals surface area (Å²) in [5.74, 6) is -0.729. The van der Waals surface area contributed by atoms with Gasteiger partial charge < -0.3 is 20.3 Å². The lowest BCUT2D eigenvalue weighted by atomic mass is 10.1. The number of phenols is 1. The molecule has 3 N–H and O–H groups in total. The molecular formula is C22H27N5O2. The molecule has 4 rings (SSSR count).